The van der Waals surface area contributed by atoms with Crippen molar-refractivity contribution < 1.29 is 12.7 Å². The van der Waals surface area contributed by atoms with E-state index in [0.717, 1.165) is 0 Å². The molecule has 0 aromatic rings. The summed E-state index contributed by atoms with van der Waals surface area (Å²) in [5, 5.41) is 13.4. The van der Waals surface area contributed by atoms with Crippen molar-refractivity contribution >= 4 is 31.8 Å². The van der Waals surface area contributed by atoms with E-state index in [1.165, 1.54) is 0 Å². The van der Waals surface area contributed by atoms with Crippen molar-refractivity contribution in [3.05, 3.63) is 0 Å². The summed E-state index contributed by atoms with van der Waals surface area (Å²) < 4.78 is 0. The Kier molecular flexibility index (Phi) is 11.3. The Morgan fingerprint density at radius 3 is 1.22 bits per heavy atom. The molecule has 0 saturated carbocycles. The molecule has 58 valence electrons. The molecular weight excluding hydrogens is 206 g/mol. The van der Waals surface area contributed by atoms with Gasteiger partial charge in [-0.25, -0.2) is 0 Å². The first-order valence-corrected chi connectivity index (χ1v) is 4.71. The van der Waals surface area contributed by atoms with Crippen molar-refractivity contribution in [3.63, 3.8) is 0 Å². The molecule has 0 atom stereocenters. The summed E-state index contributed by atoms with van der Waals surface area (Å²) in [4.78, 5) is 0. The van der Waals surface area contributed by atoms with Gasteiger partial charge in [0.15, 0.2) is 0 Å². The van der Waals surface area contributed by atoms with E-state index in [1.807, 2.05) is 0 Å². The van der Waals surface area contributed by atoms with Crippen LogP contribution in [0.15, 0.2) is 0 Å². The van der Waals surface area contributed by atoms with E-state index in [9.17, 15) is 0 Å². The minimum absolute atomic E-state index is 0.343. The molecule has 0 aliphatic heterocycles. The molecule has 2 N–H and O–H groups in total. The fourth-order valence-corrected chi connectivity index (χ4v) is 0. The van der Waals surface area contributed by atoms with E-state index in [0.29, 0.717) is 24.1 Å². The van der Waals surface area contributed by atoms with E-state index in [4.69, 9.17) is 31.2 Å². The molecule has 0 bridgehead atoms. The first-order chi connectivity index (χ1) is 4.06. The molecule has 0 fully saturated rings. The molecule has 0 aliphatic carbocycles. The van der Waals surface area contributed by atoms with Gasteiger partial charge in [0.1, 0.15) is 0 Å². The fraction of sp³-hybridized carbons (Fsp3) is 0.500. The van der Waals surface area contributed by atoms with Crippen molar-refractivity contribution in [1.29, 1.82) is 10.8 Å². The predicted molar refractivity (Wildman–Crippen MR) is 38.5 cm³/mol. The van der Waals surface area contributed by atoms with Crippen molar-refractivity contribution in [2.45, 2.75) is 13.8 Å². The van der Waals surface area contributed by atoms with Gasteiger partial charge in [-0.1, -0.05) is 0 Å². The van der Waals surface area contributed by atoms with Crippen LogP contribution >= 0.6 is 20.4 Å². The molecule has 0 aromatic heterocycles. The quantitative estimate of drug-likeness (QED) is 0.497. The van der Waals surface area contributed by atoms with Crippen molar-refractivity contribution in [2.24, 2.45) is 0 Å². The van der Waals surface area contributed by atoms with E-state index in [2.05, 4.69) is 0 Å². The fourth-order valence-electron chi connectivity index (χ4n) is 0. The second-order valence-electron chi connectivity index (χ2n) is 1.30. The zero-order chi connectivity index (χ0) is 7.86. The van der Waals surface area contributed by atoms with Gasteiger partial charge in [-0.3, -0.25) is 0 Å². The van der Waals surface area contributed by atoms with Gasteiger partial charge in [-0.15, -0.1) is 0 Å². The average molecular weight is 214 g/mol. The number of halogens is 2. The van der Waals surface area contributed by atoms with Crippen LogP contribution in [0.25, 0.3) is 0 Å². The van der Waals surface area contributed by atoms with Crippen molar-refractivity contribution in [2.75, 3.05) is 0 Å². The summed E-state index contributed by atoms with van der Waals surface area (Å²) in [5.74, 6) is 0. The zero-order valence-electron chi connectivity index (χ0n) is 5.07. The third-order valence-electron chi connectivity index (χ3n) is 0.562. The average Bonchev–Trinajstić information content (AvgIpc) is 1.68. The summed E-state index contributed by atoms with van der Waals surface area (Å²) >= 11 is 0.569. The molecule has 2 nitrogen and oxygen atoms in total. The van der Waals surface area contributed by atoms with Gasteiger partial charge in [0.05, 0.1) is 0 Å². The topological polar surface area (TPSA) is 47.7 Å². The molecule has 0 radical (unpaired) electrons. The third-order valence-corrected chi connectivity index (χ3v) is 0.562. The van der Waals surface area contributed by atoms with Gasteiger partial charge >= 0.3 is 33.0 Å². The Balaban J connectivity index is 0. The third kappa shape index (κ3) is 17.8. The van der Waals surface area contributed by atoms with E-state index in [-0.39, 0.29) is 0 Å². The van der Waals surface area contributed by atoms with Gasteiger partial charge in [-0.05, 0) is 13.8 Å². The van der Waals surface area contributed by atoms with Crippen LogP contribution in [0.5, 0.6) is 0 Å². The first kappa shape index (κ1) is 12.1. The minimum atomic E-state index is 0.343. The van der Waals surface area contributed by atoms with Gasteiger partial charge in [-0.2, -0.15) is 0 Å². The van der Waals surface area contributed by atoms with Crippen LogP contribution in [0.3, 0.4) is 0 Å². The monoisotopic (exact) mass is 212 g/mol. The van der Waals surface area contributed by atoms with Crippen LogP contribution in [0, 0.1) is 10.8 Å². The summed E-state index contributed by atoms with van der Waals surface area (Å²) in [6.45, 7) is 3.20. The summed E-state index contributed by atoms with van der Waals surface area (Å²) in [6, 6.07) is 0. The summed E-state index contributed by atoms with van der Waals surface area (Å²) in [7, 11) is 9.40. The molecular formula is C4H8Cl2N2Ni. The number of rotatable bonds is 1. The maximum atomic E-state index is 6.72. The first-order valence-electron chi connectivity index (χ1n) is 1.99. The number of nitrogens with one attached hydrogen (secondary N) is 2. The Morgan fingerprint density at radius 1 is 1.11 bits per heavy atom. The summed E-state index contributed by atoms with van der Waals surface area (Å²) in [5.41, 5.74) is 0.685. The standard InChI is InChI=1S/C4H8N2.2ClH.Ni/c1-3(5)4(2)6;;;/h5-6H,1-2H3;2*1H;/q;;;+2/p-2. The van der Waals surface area contributed by atoms with E-state index in [1.54, 1.807) is 13.8 Å². The van der Waals surface area contributed by atoms with Gasteiger partial charge in [0, 0.05) is 11.4 Å². The number of hydrogen-bond acceptors (Lipinski definition) is 2. The molecule has 0 aromatic carbocycles. The molecule has 0 aliphatic rings. The molecule has 5 heteroatoms. The van der Waals surface area contributed by atoms with Crippen LogP contribution in [-0.4, -0.2) is 11.4 Å². The van der Waals surface area contributed by atoms with Crippen LogP contribution in [0.4, 0.5) is 0 Å². The molecule has 0 heterocycles. The molecule has 0 spiro atoms. The van der Waals surface area contributed by atoms with E-state index < -0.39 is 0 Å². The Hall–Kier alpha value is 0.414. The van der Waals surface area contributed by atoms with Crippen LogP contribution in [-0.2, 0) is 12.7 Å². The van der Waals surface area contributed by atoms with Crippen molar-refractivity contribution in [1.82, 2.24) is 0 Å². The zero-order valence-corrected chi connectivity index (χ0v) is 7.57. The molecule has 0 amide bonds. The molecule has 0 unspecified atom stereocenters. The second-order valence-corrected chi connectivity index (χ2v) is 2.93. The maximum absolute atomic E-state index is 6.72. The predicted octanol–water partition coefficient (Wildman–Crippen LogP) is 2.44. The van der Waals surface area contributed by atoms with Crippen molar-refractivity contribution in [3.8, 4) is 0 Å². The normalized spacial score (nSPS) is 7.56. The van der Waals surface area contributed by atoms with Gasteiger partial charge < -0.3 is 10.8 Å². The van der Waals surface area contributed by atoms with Crippen LogP contribution < -0.4 is 0 Å². The molecule has 0 saturated heterocycles. The molecule has 0 rings (SSSR count). The van der Waals surface area contributed by atoms with Crippen LogP contribution in [0.2, 0.25) is 0 Å². The Labute approximate surface area is 69.3 Å². The Morgan fingerprint density at radius 2 is 1.22 bits per heavy atom. The van der Waals surface area contributed by atoms with Crippen LogP contribution in [0.1, 0.15) is 13.8 Å². The summed E-state index contributed by atoms with van der Waals surface area (Å²) in [6.07, 6.45) is 0. The van der Waals surface area contributed by atoms with Gasteiger partial charge in [0.25, 0.3) is 0 Å². The second kappa shape index (κ2) is 8.41. The SMILES string of the molecule is CC(=N)C(C)=N.[Cl][Ni][Cl]. The molecule has 9 heavy (non-hydrogen) atoms. The van der Waals surface area contributed by atoms with E-state index >= 15 is 0 Å². The number of hydrogen-bond donors (Lipinski definition) is 2. The van der Waals surface area contributed by atoms with Gasteiger partial charge in [0.2, 0.25) is 0 Å². The Bertz CT molecular complexity index is 92.7.